The van der Waals surface area contributed by atoms with Gasteiger partial charge in [0.25, 0.3) is 5.69 Å². The summed E-state index contributed by atoms with van der Waals surface area (Å²) in [7, 11) is 0. The maximum absolute atomic E-state index is 11.0. The van der Waals surface area contributed by atoms with Gasteiger partial charge in [0.05, 0.1) is 4.92 Å². The number of nitrogens with zero attached hydrogens (tertiary/aromatic N) is 2. The van der Waals surface area contributed by atoms with Gasteiger partial charge in [-0.05, 0) is 45.0 Å². The van der Waals surface area contributed by atoms with E-state index in [-0.39, 0.29) is 10.6 Å². The van der Waals surface area contributed by atoms with Gasteiger partial charge in [0.2, 0.25) is 0 Å². The molecule has 0 aliphatic carbocycles. The zero-order chi connectivity index (χ0) is 14.5. The molecule has 6 heteroatoms. The molecule has 20 heavy (non-hydrogen) atoms. The van der Waals surface area contributed by atoms with Crippen LogP contribution in [0.25, 0.3) is 0 Å². The second kappa shape index (κ2) is 7.15. The lowest BCUT2D eigenvalue weighted by Gasteiger charge is -2.21. The Hall–Kier alpha value is -0.980. The third-order valence-electron chi connectivity index (χ3n) is 3.61. The van der Waals surface area contributed by atoms with Gasteiger partial charge >= 0.3 is 0 Å². The SMILES string of the molecule is CC(CN1CCCC1)NCc1cc(Br)ccc1[N+](=O)[O-]. The quantitative estimate of drug-likeness (QED) is 0.638. The number of nitrogens with one attached hydrogen (secondary N) is 1. The summed E-state index contributed by atoms with van der Waals surface area (Å²) in [5, 5.41) is 14.4. The van der Waals surface area contributed by atoms with Crippen molar-refractivity contribution in [2.45, 2.75) is 32.4 Å². The number of nitro groups is 1. The standard InChI is InChI=1S/C14H20BrN3O2/c1-11(10-17-6-2-3-7-17)16-9-12-8-13(15)4-5-14(12)18(19)20/h4-5,8,11,16H,2-3,6-7,9-10H2,1H3. The van der Waals surface area contributed by atoms with Crippen LogP contribution in [0.4, 0.5) is 5.69 Å². The van der Waals surface area contributed by atoms with Crippen LogP contribution in [0.3, 0.4) is 0 Å². The first-order valence-corrected chi connectivity index (χ1v) is 7.74. The fourth-order valence-corrected chi connectivity index (χ4v) is 2.98. The van der Waals surface area contributed by atoms with Gasteiger partial charge in [-0.15, -0.1) is 0 Å². The molecule has 1 heterocycles. The lowest BCUT2D eigenvalue weighted by atomic mass is 10.1. The second-order valence-electron chi connectivity index (χ2n) is 5.32. The number of nitro benzene ring substituents is 1. The molecule has 0 saturated carbocycles. The molecule has 1 aromatic rings. The smallest absolute Gasteiger partial charge is 0.273 e. The summed E-state index contributed by atoms with van der Waals surface area (Å²) in [5.74, 6) is 0. The molecule has 0 spiro atoms. The van der Waals surface area contributed by atoms with Gasteiger partial charge in [-0.25, -0.2) is 0 Å². The molecule has 2 rings (SSSR count). The van der Waals surface area contributed by atoms with Gasteiger partial charge in [0, 0.05) is 35.2 Å². The monoisotopic (exact) mass is 341 g/mol. The van der Waals surface area contributed by atoms with Gasteiger partial charge in [-0.3, -0.25) is 10.1 Å². The molecule has 0 bridgehead atoms. The van der Waals surface area contributed by atoms with Crippen molar-refractivity contribution >= 4 is 21.6 Å². The molecule has 1 saturated heterocycles. The summed E-state index contributed by atoms with van der Waals surface area (Å²) in [5.41, 5.74) is 0.895. The first kappa shape index (κ1) is 15.4. The molecule has 0 radical (unpaired) electrons. The van der Waals surface area contributed by atoms with Crippen LogP contribution in [0.15, 0.2) is 22.7 Å². The van der Waals surface area contributed by atoms with Crippen LogP contribution >= 0.6 is 15.9 Å². The molecule has 1 aromatic carbocycles. The van der Waals surface area contributed by atoms with Crippen molar-refractivity contribution in [1.82, 2.24) is 10.2 Å². The Labute approximate surface area is 127 Å². The molecule has 0 aromatic heterocycles. The Kier molecular flexibility index (Phi) is 5.51. The first-order valence-electron chi connectivity index (χ1n) is 6.95. The molecule has 5 nitrogen and oxygen atoms in total. The number of halogens is 1. The predicted molar refractivity (Wildman–Crippen MR) is 82.8 cm³/mol. The van der Waals surface area contributed by atoms with E-state index < -0.39 is 0 Å². The van der Waals surface area contributed by atoms with Crippen LogP contribution in [0.2, 0.25) is 0 Å². The Morgan fingerprint density at radius 2 is 2.15 bits per heavy atom. The highest BCUT2D eigenvalue weighted by molar-refractivity contribution is 9.10. The minimum Gasteiger partial charge on any atom is -0.309 e. The van der Waals surface area contributed by atoms with Crippen molar-refractivity contribution < 1.29 is 4.92 Å². The molecule has 1 fully saturated rings. The molecular weight excluding hydrogens is 322 g/mol. The van der Waals surface area contributed by atoms with E-state index in [0.29, 0.717) is 12.6 Å². The zero-order valence-electron chi connectivity index (χ0n) is 11.6. The van der Waals surface area contributed by atoms with Crippen molar-refractivity contribution in [1.29, 1.82) is 0 Å². The van der Waals surface area contributed by atoms with E-state index in [1.54, 1.807) is 12.1 Å². The normalized spacial score (nSPS) is 17.3. The Morgan fingerprint density at radius 1 is 1.45 bits per heavy atom. The highest BCUT2D eigenvalue weighted by atomic mass is 79.9. The molecule has 1 atom stereocenters. The highest BCUT2D eigenvalue weighted by Crippen LogP contribution is 2.23. The Morgan fingerprint density at radius 3 is 2.80 bits per heavy atom. The van der Waals surface area contributed by atoms with E-state index in [9.17, 15) is 10.1 Å². The molecule has 1 unspecified atom stereocenters. The van der Waals surface area contributed by atoms with E-state index in [1.165, 1.54) is 25.9 Å². The molecule has 0 amide bonds. The van der Waals surface area contributed by atoms with E-state index >= 15 is 0 Å². The fourth-order valence-electron chi connectivity index (χ4n) is 2.58. The van der Waals surface area contributed by atoms with E-state index in [2.05, 4.69) is 33.1 Å². The predicted octanol–water partition coefficient (Wildman–Crippen LogP) is 2.93. The maximum Gasteiger partial charge on any atom is 0.273 e. The van der Waals surface area contributed by atoms with Crippen molar-refractivity contribution in [2.24, 2.45) is 0 Å². The third-order valence-corrected chi connectivity index (χ3v) is 4.10. The lowest BCUT2D eigenvalue weighted by molar-refractivity contribution is -0.385. The van der Waals surface area contributed by atoms with Crippen LogP contribution in [-0.4, -0.2) is 35.5 Å². The zero-order valence-corrected chi connectivity index (χ0v) is 13.2. The molecule has 1 N–H and O–H groups in total. The molecular formula is C14H20BrN3O2. The number of hydrogen-bond acceptors (Lipinski definition) is 4. The number of likely N-dealkylation sites (tertiary alicyclic amines) is 1. The van der Waals surface area contributed by atoms with Crippen LogP contribution < -0.4 is 5.32 Å². The highest BCUT2D eigenvalue weighted by Gasteiger charge is 2.17. The van der Waals surface area contributed by atoms with E-state index in [4.69, 9.17) is 0 Å². The lowest BCUT2D eigenvalue weighted by Crippen LogP contribution is -2.37. The summed E-state index contributed by atoms with van der Waals surface area (Å²) in [4.78, 5) is 13.1. The van der Waals surface area contributed by atoms with Crippen LogP contribution in [0.5, 0.6) is 0 Å². The average Bonchev–Trinajstić information content (AvgIpc) is 2.89. The second-order valence-corrected chi connectivity index (χ2v) is 6.24. The fraction of sp³-hybridized carbons (Fsp3) is 0.571. The Balaban J connectivity index is 1.92. The minimum atomic E-state index is -0.325. The van der Waals surface area contributed by atoms with Crippen LogP contribution in [-0.2, 0) is 6.54 Å². The van der Waals surface area contributed by atoms with E-state index in [0.717, 1.165) is 16.6 Å². The summed E-state index contributed by atoms with van der Waals surface area (Å²) >= 11 is 3.36. The van der Waals surface area contributed by atoms with Crippen molar-refractivity contribution in [3.8, 4) is 0 Å². The van der Waals surface area contributed by atoms with Gasteiger partial charge in [-0.1, -0.05) is 15.9 Å². The topological polar surface area (TPSA) is 58.4 Å². The minimum absolute atomic E-state index is 0.175. The summed E-state index contributed by atoms with van der Waals surface area (Å²) < 4.78 is 0.868. The third kappa shape index (κ3) is 4.26. The molecule has 1 aliphatic heterocycles. The van der Waals surface area contributed by atoms with Gasteiger partial charge < -0.3 is 10.2 Å². The van der Waals surface area contributed by atoms with Gasteiger partial charge in [0.1, 0.15) is 0 Å². The summed E-state index contributed by atoms with van der Waals surface area (Å²) in [6, 6.07) is 5.39. The van der Waals surface area contributed by atoms with Crippen molar-refractivity contribution in [3.05, 3.63) is 38.3 Å². The average molecular weight is 342 g/mol. The van der Waals surface area contributed by atoms with Crippen LogP contribution in [0, 0.1) is 10.1 Å². The van der Waals surface area contributed by atoms with Crippen molar-refractivity contribution in [2.75, 3.05) is 19.6 Å². The van der Waals surface area contributed by atoms with E-state index in [1.807, 2.05) is 6.07 Å². The Bertz CT molecular complexity index is 475. The molecule has 110 valence electrons. The molecule has 1 aliphatic rings. The largest absolute Gasteiger partial charge is 0.309 e. The summed E-state index contributed by atoms with van der Waals surface area (Å²) in [6.45, 7) is 5.99. The summed E-state index contributed by atoms with van der Waals surface area (Å²) in [6.07, 6.45) is 2.56. The number of rotatable bonds is 6. The van der Waals surface area contributed by atoms with Crippen LogP contribution in [0.1, 0.15) is 25.3 Å². The maximum atomic E-state index is 11.0. The number of hydrogen-bond donors (Lipinski definition) is 1. The van der Waals surface area contributed by atoms with Gasteiger partial charge in [-0.2, -0.15) is 0 Å². The number of benzene rings is 1. The van der Waals surface area contributed by atoms with Gasteiger partial charge in [0.15, 0.2) is 0 Å². The first-order chi connectivity index (χ1) is 9.56. The van der Waals surface area contributed by atoms with Crippen molar-refractivity contribution in [3.63, 3.8) is 0 Å².